The number of Topliss-reactive ketones (excluding diaryl/α,β-unsaturated/α-hetero) is 1. The van der Waals surface area contributed by atoms with Crippen molar-refractivity contribution in [2.75, 3.05) is 21.3 Å². The predicted octanol–water partition coefficient (Wildman–Crippen LogP) is 4.22. The van der Waals surface area contributed by atoms with Gasteiger partial charge in [0.2, 0.25) is 0 Å². The molecule has 1 amide bonds. The number of aliphatic hydroxyl groups excluding tert-OH is 1. The number of hydrogen-bond donors (Lipinski definition) is 1. The standard InChI is InChI=1S/C25H26FNO6/c1-31-18-12-11-14(26)13-17(18)22(28)20-21(16-9-6-10-19(32-2)24(16)33-3)27(25(30)23(20)29)15-7-4-5-8-15/h6,9-13,15,21,28H,4-5,7-8H2,1-3H3/b22-20+. The Kier molecular flexibility index (Phi) is 6.26. The number of aliphatic hydroxyl groups is 1. The summed E-state index contributed by atoms with van der Waals surface area (Å²) < 4.78 is 30.4. The second kappa shape index (κ2) is 9.13. The first-order valence-corrected chi connectivity index (χ1v) is 10.8. The van der Waals surface area contributed by atoms with E-state index in [1.54, 1.807) is 18.2 Å². The number of rotatable bonds is 6. The minimum Gasteiger partial charge on any atom is -0.507 e. The fraction of sp³-hybridized carbons (Fsp3) is 0.360. The third kappa shape index (κ3) is 3.79. The number of carbonyl (C=O) groups is 2. The van der Waals surface area contributed by atoms with Crippen LogP contribution >= 0.6 is 0 Å². The van der Waals surface area contributed by atoms with Gasteiger partial charge in [0.05, 0.1) is 38.5 Å². The van der Waals surface area contributed by atoms with Gasteiger partial charge in [-0.3, -0.25) is 9.59 Å². The maximum absolute atomic E-state index is 14.1. The molecule has 1 aliphatic heterocycles. The molecular formula is C25H26FNO6. The average Bonchev–Trinajstić information content (AvgIpc) is 3.44. The molecule has 0 spiro atoms. The molecule has 4 rings (SSSR count). The highest BCUT2D eigenvalue weighted by atomic mass is 19.1. The number of halogens is 1. The second-order valence-corrected chi connectivity index (χ2v) is 8.07. The molecule has 2 aromatic rings. The lowest BCUT2D eigenvalue weighted by Crippen LogP contribution is -2.37. The quantitative estimate of drug-likeness (QED) is 0.399. The van der Waals surface area contributed by atoms with Crippen LogP contribution in [0.4, 0.5) is 4.39 Å². The highest BCUT2D eigenvalue weighted by Crippen LogP contribution is 2.48. The molecule has 174 valence electrons. The fourth-order valence-electron chi connectivity index (χ4n) is 4.85. The molecule has 1 N–H and O–H groups in total. The SMILES string of the molecule is COc1ccc(F)cc1/C(O)=C1\C(=O)C(=O)N(C2CCCC2)C1c1cccc(OC)c1OC. The van der Waals surface area contributed by atoms with E-state index >= 15 is 0 Å². The first-order chi connectivity index (χ1) is 15.9. The van der Waals surface area contributed by atoms with E-state index in [4.69, 9.17) is 14.2 Å². The van der Waals surface area contributed by atoms with Crippen molar-refractivity contribution in [3.05, 3.63) is 58.9 Å². The number of ketones is 1. The number of likely N-dealkylation sites (tertiary alicyclic amines) is 1. The van der Waals surface area contributed by atoms with Gasteiger partial charge in [0, 0.05) is 11.6 Å². The van der Waals surface area contributed by atoms with Crippen LogP contribution in [-0.4, -0.2) is 49.1 Å². The van der Waals surface area contributed by atoms with Crippen molar-refractivity contribution in [3.63, 3.8) is 0 Å². The van der Waals surface area contributed by atoms with Crippen LogP contribution in [-0.2, 0) is 9.59 Å². The lowest BCUT2D eigenvalue weighted by atomic mass is 9.93. The summed E-state index contributed by atoms with van der Waals surface area (Å²) in [6.45, 7) is 0. The molecule has 1 unspecified atom stereocenters. The normalized spacial score (nSPS) is 20.4. The Morgan fingerprint density at radius 3 is 2.33 bits per heavy atom. The Labute approximate surface area is 191 Å². The summed E-state index contributed by atoms with van der Waals surface area (Å²) in [4.78, 5) is 28.1. The molecule has 1 saturated carbocycles. The maximum Gasteiger partial charge on any atom is 0.295 e. The van der Waals surface area contributed by atoms with Crippen LogP contribution in [0.15, 0.2) is 42.0 Å². The van der Waals surface area contributed by atoms with Crippen molar-refractivity contribution in [1.82, 2.24) is 4.90 Å². The second-order valence-electron chi connectivity index (χ2n) is 8.07. The van der Waals surface area contributed by atoms with Crippen molar-refractivity contribution in [1.29, 1.82) is 0 Å². The van der Waals surface area contributed by atoms with E-state index in [2.05, 4.69) is 0 Å². The largest absolute Gasteiger partial charge is 0.507 e. The summed E-state index contributed by atoms with van der Waals surface area (Å²) in [5, 5.41) is 11.3. The summed E-state index contributed by atoms with van der Waals surface area (Å²) >= 11 is 0. The summed E-state index contributed by atoms with van der Waals surface area (Å²) in [7, 11) is 4.34. The van der Waals surface area contributed by atoms with Gasteiger partial charge in [0.1, 0.15) is 17.3 Å². The number of hydrogen-bond acceptors (Lipinski definition) is 6. The third-order valence-electron chi connectivity index (χ3n) is 6.34. The van der Waals surface area contributed by atoms with Crippen LogP contribution in [0, 0.1) is 5.82 Å². The first kappa shape index (κ1) is 22.6. The van der Waals surface area contributed by atoms with E-state index in [9.17, 15) is 19.1 Å². The Hall–Kier alpha value is -3.55. The smallest absolute Gasteiger partial charge is 0.295 e. The minimum absolute atomic E-state index is 0.00575. The molecule has 0 aromatic heterocycles. The van der Waals surface area contributed by atoms with E-state index in [1.807, 2.05) is 0 Å². The zero-order valence-corrected chi connectivity index (χ0v) is 18.8. The molecule has 0 radical (unpaired) electrons. The molecule has 2 aliphatic rings. The molecule has 1 saturated heterocycles. The first-order valence-electron chi connectivity index (χ1n) is 10.8. The third-order valence-corrected chi connectivity index (χ3v) is 6.34. The van der Waals surface area contributed by atoms with Crippen LogP contribution < -0.4 is 14.2 Å². The highest BCUT2D eigenvalue weighted by molar-refractivity contribution is 6.46. The number of ether oxygens (including phenoxy) is 3. The Balaban J connectivity index is 2.00. The predicted molar refractivity (Wildman–Crippen MR) is 119 cm³/mol. The molecular weight excluding hydrogens is 429 g/mol. The summed E-state index contributed by atoms with van der Waals surface area (Å²) in [5.41, 5.74) is 0.357. The monoisotopic (exact) mass is 455 g/mol. The summed E-state index contributed by atoms with van der Waals surface area (Å²) in [6, 6.07) is 7.71. The Morgan fingerprint density at radius 1 is 1.00 bits per heavy atom. The van der Waals surface area contributed by atoms with E-state index in [-0.39, 0.29) is 22.9 Å². The molecule has 1 atom stereocenters. The van der Waals surface area contributed by atoms with Gasteiger partial charge in [-0.1, -0.05) is 25.0 Å². The van der Waals surface area contributed by atoms with Gasteiger partial charge in [-0.2, -0.15) is 0 Å². The van der Waals surface area contributed by atoms with E-state index in [1.165, 1.54) is 38.4 Å². The van der Waals surface area contributed by atoms with Gasteiger partial charge in [0.15, 0.2) is 11.5 Å². The number of para-hydroxylation sites is 1. The van der Waals surface area contributed by atoms with Crippen LogP contribution in [0.2, 0.25) is 0 Å². The van der Waals surface area contributed by atoms with Crippen LogP contribution in [0.5, 0.6) is 17.2 Å². The van der Waals surface area contributed by atoms with E-state index in [0.29, 0.717) is 17.1 Å². The molecule has 2 aromatic carbocycles. The number of nitrogens with zero attached hydrogens (tertiary/aromatic N) is 1. The van der Waals surface area contributed by atoms with Crippen molar-refractivity contribution in [3.8, 4) is 17.2 Å². The van der Waals surface area contributed by atoms with E-state index < -0.39 is 29.3 Å². The van der Waals surface area contributed by atoms with Gasteiger partial charge >= 0.3 is 0 Å². The van der Waals surface area contributed by atoms with Crippen molar-refractivity contribution in [2.45, 2.75) is 37.8 Å². The zero-order chi connectivity index (χ0) is 23.7. The highest BCUT2D eigenvalue weighted by Gasteiger charge is 2.50. The van der Waals surface area contributed by atoms with Crippen LogP contribution in [0.3, 0.4) is 0 Å². The van der Waals surface area contributed by atoms with Gasteiger partial charge in [-0.05, 0) is 37.1 Å². The summed E-state index contributed by atoms with van der Waals surface area (Å²) in [5.74, 6) is -1.69. The maximum atomic E-state index is 14.1. The minimum atomic E-state index is -0.925. The van der Waals surface area contributed by atoms with Gasteiger partial charge < -0.3 is 24.2 Å². The van der Waals surface area contributed by atoms with Crippen LogP contribution in [0.25, 0.3) is 5.76 Å². The molecule has 1 heterocycles. The molecule has 1 aliphatic carbocycles. The topological polar surface area (TPSA) is 85.3 Å². The molecule has 33 heavy (non-hydrogen) atoms. The summed E-state index contributed by atoms with van der Waals surface area (Å²) in [6.07, 6.45) is 3.37. The Bertz CT molecular complexity index is 1120. The number of carbonyl (C=O) groups excluding carboxylic acids is 2. The number of amides is 1. The average molecular weight is 455 g/mol. The molecule has 7 nitrogen and oxygen atoms in total. The fourth-order valence-corrected chi connectivity index (χ4v) is 4.85. The Morgan fingerprint density at radius 2 is 1.70 bits per heavy atom. The van der Waals surface area contributed by atoms with Crippen LogP contribution in [0.1, 0.15) is 42.9 Å². The molecule has 0 bridgehead atoms. The zero-order valence-electron chi connectivity index (χ0n) is 18.8. The van der Waals surface area contributed by atoms with Crippen molar-refractivity contribution in [2.24, 2.45) is 0 Å². The number of benzene rings is 2. The van der Waals surface area contributed by atoms with Gasteiger partial charge in [-0.15, -0.1) is 0 Å². The lowest BCUT2D eigenvalue weighted by molar-refractivity contribution is -0.141. The number of methoxy groups -OCH3 is 3. The van der Waals surface area contributed by atoms with Gasteiger partial charge in [0.25, 0.3) is 11.7 Å². The van der Waals surface area contributed by atoms with Crippen molar-refractivity contribution >= 4 is 17.4 Å². The van der Waals surface area contributed by atoms with E-state index in [0.717, 1.165) is 31.7 Å². The molecule has 2 fully saturated rings. The lowest BCUT2D eigenvalue weighted by Gasteiger charge is -2.31. The van der Waals surface area contributed by atoms with Crippen molar-refractivity contribution < 1.29 is 33.3 Å². The van der Waals surface area contributed by atoms with Gasteiger partial charge in [-0.25, -0.2) is 4.39 Å². The molecule has 8 heteroatoms.